The van der Waals surface area contributed by atoms with Gasteiger partial charge in [-0.15, -0.1) is 22.7 Å². The van der Waals surface area contributed by atoms with Crippen molar-refractivity contribution in [1.29, 1.82) is 0 Å². The summed E-state index contributed by atoms with van der Waals surface area (Å²) in [5.41, 5.74) is 8.61. The van der Waals surface area contributed by atoms with Crippen molar-refractivity contribution in [2.75, 3.05) is 36.1 Å². The molecule has 0 unspecified atom stereocenters. The molecule has 344 valence electrons. The maximum absolute atomic E-state index is 12.8. The molecule has 6 heterocycles. The highest BCUT2D eigenvalue weighted by molar-refractivity contribution is 7.91. The van der Waals surface area contributed by atoms with Crippen molar-refractivity contribution in [3.8, 4) is 43.1 Å². The van der Waals surface area contributed by atoms with Crippen LogP contribution in [0.3, 0.4) is 0 Å². The maximum atomic E-state index is 12.8. The Balaban J connectivity index is 0.000000188. The molecule has 8 rings (SSSR count). The molecule has 0 bridgehead atoms. The molecule has 2 aliphatic rings. The quantitative estimate of drug-likeness (QED) is 0.172. The number of hydrogen-bond acceptors (Lipinski definition) is 10. The van der Waals surface area contributed by atoms with Gasteiger partial charge in [-0.2, -0.15) is 0 Å². The molecule has 10 nitrogen and oxygen atoms in total. The number of sulfone groups is 2. The fourth-order valence-corrected chi connectivity index (χ4v) is 12.1. The molecule has 0 radical (unpaired) electrons. The van der Waals surface area contributed by atoms with Gasteiger partial charge in [-0.05, 0) is 107 Å². The number of pyridine rings is 2. The van der Waals surface area contributed by atoms with Gasteiger partial charge in [-0.3, -0.25) is 14.8 Å². The Kier molecular flexibility index (Phi) is 15.8. The van der Waals surface area contributed by atoms with E-state index < -0.39 is 25.6 Å². The largest absolute Gasteiger partial charge is 0.478 e. The zero-order chi connectivity index (χ0) is 47.3. The molecule has 4 aromatic heterocycles. The molecule has 1 amide bonds. The summed E-state index contributed by atoms with van der Waals surface area (Å²) in [6.45, 7) is 13.3. The van der Waals surface area contributed by atoms with Crippen LogP contribution in [0.1, 0.15) is 92.9 Å². The summed E-state index contributed by atoms with van der Waals surface area (Å²) in [5, 5.41) is 14.1. The minimum atomic E-state index is -3.04. The van der Waals surface area contributed by atoms with E-state index in [-0.39, 0.29) is 46.9 Å². The van der Waals surface area contributed by atoms with Crippen molar-refractivity contribution in [2.24, 2.45) is 0 Å². The highest BCUT2D eigenvalue weighted by atomic mass is 35.5. The molecule has 0 saturated carbocycles. The number of amides is 1. The zero-order valence-electron chi connectivity index (χ0n) is 37.2. The number of carbonyl (C=O) groups is 2. The Labute approximate surface area is 400 Å². The van der Waals surface area contributed by atoms with E-state index in [0.29, 0.717) is 27.1 Å². The van der Waals surface area contributed by atoms with E-state index in [9.17, 15) is 26.4 Å². The van der Waals surface area contributed by atoms with Crippen molar-refractivity contribution in [2.45, 2.75) is 71.6 Å². The molecule has 2 aromatic carbocycles. The number of carboxylic acid groups (broad SMARTS) is 1. The van der Waals surface area contributed by atoms with Crippen LogP contribution in [0.15, 0.2) is 96.0 Å². The van der Waals surface area contributed by atoms with Gasteiger partial charge in [0.2, 0.25) is 0 Å². The molecular weight excluding hydrogens is 942 g/mol. The van der Waals surface area contributed by atoms with Crippen molar-refractivity contribution < 1.29 is 31.5 Å². The van der Waals surface area contributed by atoms with Gasteiger partial charge in [0.1, 0.15) is 9.84 Å². The zero-order valence-corrected chi connectivity index (χ0v) is 42.0. The number of benzene rings is 2. The van der Waals surface area contributed by atoms with Crippen molar-refractivity contribution in [3.05, 3.63) is 129 Å². The third-order valence-corrected chi connectivity index (χ3v) is 16.9. The molecule has 2 aliphatic heterocycles. The Morgan fingerprint density at radius 2 is 1.02 bits per heavy atom. The lowest BCUT2D eigenvalue weighted by atomic mass is 9.90. The number of hydrogen-bond donors (Lipinski definition) is 1. The van der Waals surface area contributed by atoms with E-state index in [1.165, 1.54) is 6.07 Å². The summed E-state index contributed by atoms with van der Waals surface area (Å²) in [6, 6.07) is 22.5. The van der Waals surface area contributed by atoms with Crippen LogP contribution in [0.5, 0.6) is 0 Å². The fraction of sp³-hybridized carbons (Fsp3) is 0.347. The van der Waals surface area contributed by atoms with Gasteiger partial charge >= 0.3 is 5.97 Å². The minimum absolute atomic E-state index is 0.00787. The lowest BCUT2D eigenvalue weighted by Crippen LogP contribution is -2.43. The number of aromatic carboxylic acids is 1. The highest BCUT2D eigenvalue weighted by Gasteiger charge is 2.26. The van der Waals surface area contributed by atoms with E-state index in [1.54, 1.807) is 51.8 Å². The van der Waals surface area contributed by atoms with Gasteiger partial charge in [0.15, 0.2) is 9.84 Å². The Morgan fingerprint density at radius 3 is 1.42 bits per heavy atom. The fourth-order valence-electron chi connectivity index (χ4n) is 7.03. The number of thiophene rings is 2. The van der Waals surface area contributed by atoms with Crippen molar-refractivity contribution in [1.82, 2.24) is 14.9 Å². The number of carboxylic acids is 1. The first kappa shape index (κ1) is 50.0. The average Bonchev–Trinajstić information content (AvgIpc) is 3.95. The van der Waals surface area contributed by atoms with Crippen LogP contribution in [0.25, 0.3) is 43.1 Å². The predicted octanol–water partition coefficient (Wildman–Crippen LogP) is 12.0. The molecule has 2 saturated heterocycles. The SMILES string of the molecule is CC(C)(C)c1cc(-c2cc(-c3ccc(C(=O)N4CCS(=O)(=O)CC4)cc3Cl)cs2)ccn1.CC(C)(C)c1cc(-c2cc(-c3ccc(C(=O)O)cc3Cl)cs2)ccn1.O=S1(=O)CCCCC1. The van der Waals surface area contributed by atoms with Crippen LogP contribution >= 0.6 is 45.9 Å². The van der Waals surface area contributed by atoms with E-state index >= 15 is 0 Å². The minimum Gasteiger partial charge on any atom is -0.478 e. The molecule has 0 spiro atoms. The van der Waals surface area contributed by atoms with Crippen molar-refractivity contribution in [3.63, 3.8) is 0 Å². The monoisotopic (exact) mass is 993 g/mol. The van der Waals surface area contributed by atoms with Gasteiger partial charge in [-0.1, -0.05) is 83.3 Å². The van der Waals surface area contributed by atoms with Gasteiger partial charge in [-0.25, -0.2) is 21.6 Å². The number of nitrogens with zero attached hydrogens (tertiary/aromatic N) is 3. The second-order valence-corrected chi connectivity index (χ2v) is 25.4. The van der Waals surface area contributed by atoms with E-state index in [1.807, 2.05) is 36.0 Å². The lowest BCUT2D eigenvalue weighted by Gasteiger charge is -2.26. The smallest absolute Gasteiger partial charge is 0.335 e. The van der Waals surface area contributed by atoms with Gasteiger partial charge in [0.25, 0.3) is 5.91 Å². The van der Waals surface area contributed by atoms with Gasteiger partial charge in [0, 0.05) is 84.2 Å². The van der Waals surface area contributed by atoms with Crippen LogP contribution in [0.4, 0.5) is 0 Å². The third kappa shape index (κ3) is 13.4. The summed E-state index contributed by atoms with van der Waals surface area (Å²) in [4.78, 5) is 36.6. The predicted molar refractivity (Wildman–Crippen MR) is 267 cm³/mol. The van der Waals surface area contributed by atoms with Crippen molar-refractivity contribution >= 4 is 77.4 Å². The topological polar surface area (TPSA) is 152 Å². The summed E-state index contributed by atoms with van der Waals surface area (Å²) < 4.78 is 44.5. The summed E-state index contributed by atoms with van der Waals surface area (Å²) in [7, 11) is -5.62. The Morgan fingerprint density at radius 1 is 0.585 bits per heavy atom. The first-order chi connectivity index (χ1) is 30.5. The highest BCUT2D eigenvalue weighted by Crippen LogP contribution is 2.39. The molecule has 65 heavy (non-hydrogen) atoms. The first-order valence-corrected chi connectivity index (χ1v) is 27.3. The molecule has 1 N–H and O–H groups in total. The number of rotatable bonds is 6. The number of aromatic nitrogens is 2. The number of halogens is 2. The Bertz CT molecular complexity index is 2890. The molecule has 0 atom stereocenters. The van der Waals surface area contributed by atoms with E-state index in [0.717, 1.165) is 73.8 Å². The van der Waals surface area contributed by atoms with Crippen LogP contribution in [-0.4, -0.2) is 84.8 Å². The van der Waals surface area contributed by atoms with Gasteiger partial charge in [0.05, 0.1) is 28.6 Å². The lowest BCUT2D eigenvalue weighted by molar-refractivity contribution is 0.0695. The summed E-state index contributed by atoms with van der Waals surface area (Å²) in [5.74, 6) is -0.306. The standard InChI is InChI=1S/C24H25ClN2O3S2.C20H18ClNO2S.C5H10O2S/c1-24(2,3)22-14-16(6-7-26-22)21-13-18(15-31-21)19-5-4-17(12-20(19)25)23(28)27-8-10-32(29,30)11-9-27;1-20(2,3)18-10-12(6-7-22-18)17-9-14(11-25-17)15-5-4-13(19(23)24)8-16(15)21;6-8(7)4-2-1-3-5-8/h4-7,12-15H,8-11H2,1-3H3;4-11H,1-3H3,(H,23,24);1-5H2. The average molecular weight is 995 g/mol. The van der Waals surface area contributed by atoms with Gasteiger partial charge < -0.3 is 10.0 Å². The third-order valence-electron chi connectivity index (χ3n) is 10.9. The van der Waals surface area contributed by atoms with Crippen LogP contribution in [-0.2, 0) is 30.5 Å². The molecule has 6 aromatic rings. The summed E-state index contributed by atoms with van der Waals surface area (Å²) >= 11 is 16.1. The van der Waals surface area contributed by atoms with Crippen LogP contribution in [0.2, 0.25) is 10.0 Å². The number of carbonyl (C=O) groups excluding carboxylic acids is 1. The second-order valence-electron chi connectivity index (χ2n) is 18.1. The molecular formula is C49H53Cl2N3O7S4. The molecule has 0 aliphatic carbocycles. The Hall–Kier alpha value is -4.44. The summed E-state index contributed by atoms with van der Waals surface area (Å²) in [6.07, 6.45) is 6.53. The van der Waals surface area contributed by atoms with E-state index in [2.05, 4.69) is 81.2 Å². The molecule has 16 heteroatoms. The second kappa shape index (κ2) is 20.6. The van der Waals surface area contributed by atoms with Crippen LogP contribution in [0, 0.1) is 0 Å². The maximum Gasteiger partial charge on any atom is 0.335 e. The first-order valence-electron chi connectivity index (χ1n) is 21.1. The normalized spacial score (nSPS) is 15.8. The van der Waals surface area contributed by atoms with Crippen LogP contribution < -0.4 is 0 Å². The van der Waals surface area contributed by atoms with E-state index in [4.69, 9.17) is 28.3 Å². The molecule has 2 fully saturated rings.